The number of rotatable bonds is 8. The van der Waals surface area contributed by atoms with E-state index < -0.39 is 0 Å². The quantitative estimate of drug-likeness (QED) is 0.573. The van der Waals surface area contributed by atoms with E-state index in [9.17, 15) is 4.79 Å². The van der Waals surface area contributed by atoms with Gasteiger partial charge in [0.15, 0.2) is 0 Å². The first-order valence-electron chi connectivity index (χ1n) is 6.48. The van der Waals surface area contributed by atoms with Gasteiger partial charge in [0, 0.05) is 18.0 Å². The van der Waals surface area contributed by atoms with E-state index in [0.717, 1.165) is 24.4 Å². The van der Waals surface area contributed by atoms with Crippen molar-refractivity contribution in [3.8, 4) is 0 Å². The smallest absolute Gasteiger partial charge is 0.233 e. The van der Waals surface area contributed by atoms with Crippen LogP contribution in [0.5, 0.6) is 0 Å². The minimum atomic E-state index is -0.00553. The summed E-state index contributed by atoms with van der Waals surface area (Å²) >= 11 is 1.63. The molecule has 1 atom stereocenters. The molecule has 0 radical (unpaired) electrons. The third-order valence-corrected chi connectivity index (χ3v) is 3.91. The van der Waals surface area contributed by atoms with Crippen LogP contribution in [0.25, 0.3) is 0 Å². The Labute approximate surface area is 126 Å². The van der Waals surface area contributed by atoms with Crippen molar-refractivity contribution < 1.29 is 4.79 Å². The summed E-state index contributed by atoms with van der Waals surface area (Å²) in [6.07, 6.45) is 0.840. The fraction of sp³-hybridized carbons (Fsp3) is 0.500. The maximum absolute atomic E-state index is 12.0. The highest BCUT2D eigenvalue weighted by Crippen LogP contribution is 2.24. The minimum absolute atomic E-state index is 0. The molecule has 0 bridgehead atoms. The van der Waals surface area contributed by atoms with Crippen molar-refractivity contribution in [1.29, 1.82) is 0 Å². The van der Waals surface area contributed by atoms with Crippen molar-refractivity contribution in [3.63, 3.8) is 0 Å². The summed E-state index contributed by atoms with van der Waals surface area (Å²) < 4.78 is 0. The Morgan fingerprint density at radius 1 is 1.21 bits per heavy atom. The molecule has 0 aliphatic heterocycles. The van der Waals surface area contributed by atoms with Crippen LogP contribution >= 0.6 is 24.2 Å². The third kappa shape index (κ3) is 7.45. The fourth-order valence-electron chi connectivity index (χ4n) is 1.55. The molecule has 0 aromatic heterocycles. The molecule has 3 nitrogen and oxygen atoms in total. The maximum atomic E-state index is 12.0. The Bertz CT molecular complexity index is 349. The van der Waals surface area contributed by atoms with Crippen molar-refractivity contribution in [1.82, 2.24) is 10.6 Å². The second-order valence-electron chi connectivity index (χ2n) is 3.97. The molecule has 0 heterocycles. The summed E-state index contributed by atoms with van der Waals surface area (Å²) in [5.74, 6) is 0.129. The van der Waals surface area contributed by atoms with E-state index in [1.165, 1.54) is 0 Å². The molecular weight excluding hydrogens is 280 g/mol. The van der Waals surface area contributed by atoms with E-state index in [-0.39, 0.29) is 23.6 Å². The molecule has 1 aromatic rings. The summed E-state index contributed by atoms with van der Waals surface area (Å²) in [5, 5.41) is 6.15. The largest absolute Gasteiger partial charge is 0.354 e. The van der Waals surface area contributed by atoms with Gasteiger partial charge in [-0.2, -0.15) is 0 Å². The Kier molecular flexibility index (Phi) is 10.7. The first kappa shape index (κ1) is 18.3. The van der Waals surface area contributed by atoms with Gasteiger partial charge in [-0.15, -0.1) is 24.2 Å². The summed E-state index contributed by atoms with van der Waals surface area (Å²) in [4.78, 5) is 13.1. The van der Waals surface area contributed by atoms with E-state index in [2.05, 4.69) is 17.6 Å². The number of nitrogens with one attached hydrogen (secondary N) is 2. The highest BCUT2D eigenvalue weighted by molar-refractivity contribution is 8.00. The van der Waals surface area contributed by atoms with Crippen LogP contribution in [-0.2, 0) is 4.79 Å². The number of carbonyl (C=O) groups excluding carboxylic acids is 1. The molecule has 1 unspecified atom stereocenters. The maximum Gasteiger partial charge on any atom is 0.233 e. The second kappa shape index (κ2) is 11.1. The molecular formula is C14H23ClN2OS. The van der Waals surface area contributed by atoms with Crippen molar-refractivity contribution in [2.75, 3.05) is 19.6 Å². The predicted octanol–water partition coefficient (Wildman–Crippen LogP) is 2.70. The van der Waals surface area contributed by atoms with Crippen LogP contribution in [0.15, 0.2) is 35.2 Å². The number of likely N-dealkylation sites (N-methyl/N-ethyl adjacent to an activating group) is 1. The average molecular weight is 303 g/mol. The third-order valence-electron chi connectivity index (χ3n) is 2.54. The molecule has 0 saturated heterocycles. The normalized spacial score (nSPS) is 11.5. The van der Waals surface area contributed by atoms with Crippen molar-refractivity contribution >= 4 is 30.1 Å². The van der Waals surface area contributed by atoms with Gasteiger partial charge < -0.3 is 10.6 Å². The number of benzene rings is 1. The van der Waals surface area contributed by atoms with Crippen molar-refractivity contribution in [2.24, 2.45) is 0 Å². The zero-order valence-electron chi connectivity index (χ0n) is 11.5. The lowest BCUT2D eigenvalue weighted by Crippen LogP contribution is -2.37. The standard InChI is InChI=1S/C14H22N2OS.ClH/c1-3-13(14(17)16-11-10-15-4-2)18-12-8-6-5-7-9-12;/h5-9,13,15H,3-4,10-11H2,1-2H3,(H,16,17);1H. The molecule has 0 fully saturated rings. The van der Waals surface area contributed by atoms with Crippen LogP contribution in [-0.4, -0.2) is 30.8 Å². The molecule has 1 rings (SSSR count). The van der Waals surface area contributed by atoms with Gasteiger partial charge in [0.25, 0.3) is 0 Å². The van der Waals surface area contributed by atoms with Crippen LogP contribution in [0, 0.1) is 0 Å². The fourth-order valence-corrected chi connectivity index (χ4v) is 2.55. The van der Waals surface area contributed by atoms with Gasteiger partial charge in [0.2, 0.25) is 5.91 Å². The summed E-state index contributed by atoms with van der Waals surface area (Å²) in [6, 6.07) is 10.1. The van der Waals surface area contributed by atoms with E-state index in [0.29, 0.717) is 6.54 Å². The van der Waals surface area contributed by atoms with Gasteiger partial charge in [0.1, 0.15) is 0 Å². The Hall–Kier alpha value is -0.710. The second-order valence-corrected chi connectivity index (χ2v) is 5.25. The molecule has 0 aliphatic rings. The van der Waals surface area contributed by atoms with E-state index in [1.54, 1.807) is 11.8 Å². The van der Waals surface area contributed by atoms with Gasteiger partial charge in [0.05, 0.1) is 5.25 Å². The van der Waals surface area contributed by atoms with Crippen LogP contribution in [0.2, 0.25) is 0 Å². The van der Waals surface area contributed by atoms with Crippen LogP contribution in [0.4, 0.5) is 0 Å². The first-order valence-corrected chi connectivity index (χ1v) is 7.36. The summed E-state index contributed by atoms with van der Waals surface area (Å²) in [5.41, 5.74) is 0. The number of carbonyl (C=O) groups is 1. The highest BCUT2D eigenvalue weighted by Gasteiger charge is 2.16. The average Bonchev–Trinajstić information content (AvgIpc) is 2.42. The Morgan fingerprint density at radius 3 is 2.47 bits per heavy atom. The lowest BCUT2D eigenvalue weighted by atomic mass is 10.3. The van der Waals surface area contributed by atoms with Crippen molar-refractivity contribution in [3.05, 3.63) is 30.3 Å². The predicted molar refractivity (Wildman–Crippen MR) is 85.2 cm³/mol. The molecule has 0 aliphatic carbocycles. The van der Waals surface area contributed by atoms with E-state index >= 15 is 0 Å². The zero-order valence-corrected chi connectivity index (χ0v) is 13.2. The lowest BCUT2D eigenvalue weighted by Gasteiger charge is -2.14. The Morgan fingerprint density at radius 2 is 1.89 bits per heavy atom. The van der Waals surface area contributed by atoms with Gasteiger partial charge >= 0.3 is 0 Å². The topological polar surface area (TPSA) is 41.1 Å². The van der Waals surface area contributed by atoms with Gasteiger partial charge in [-0.1, -0.05) is 32.0 Å². The molecule has 0 saturated carbocycles. The number of halogens is 1. The molecule has 2 N–H and O–H groups in total. The van der Waals surface area contributed by atoms with Crippen molar-refractivity contribution in [2.45, 2.75) is 30.4 Å². The summed E-state index contributed by atoms with van der Waals surface area (Å²) in [7, 11) is 0. The molecule has 0 spiro atoms. The monoisotopic (exact) mass is 302 g/mol. The van der Waals surface area contributed by atoms with Crippen LogP contribution in [0.1, 0.15) is 20.3 Å². The first-order chi connectivity index (χ1) is 8.77. The van der Waals surface area contributed by atoms with Gasteiger partial charge in [-0.25, -0.2) is 0 Å². The minimum Gasteiger partial charge on any atom is -0.354 e. The SMILES string of the molecule is CCNCCNC(=O)C(CC)Sc1ccccc1.Cl. The van der Waals surface area contributed by atoms with Crippen LogP contribution in [0.3, 0.4) is 0 Å². The number of thioether (sulfide) groups is 1. The van der Waals surface area contributed by atoms with E-state index in [4.69, 9.17) is 0 Å². The van der Waals surface area contributed by atoms with Crippen LogP contribution < -0.4 is 10.6 Å². The number of hydrogen-bond donors (Lipinski definition) is 2. The van der Waals surface area contributed by atoms with Gasteiger partial charge in [-0.05, 0) is 25.1 Å². The number of hydrogen-bond acceptors (Lipinski definition) is 3. The zero-order chi connectivity index (χ0) is 13.2. The summed E-state index contributed by atoms with van der Waals surface area (Å²) in [6.45, 7) is 6.56. The molecule has 1 amide bonds. The molecule has 5 heteroatoms. The molecule has 1 aromatic carbocycles. The van der Waals surface area contributed by atoms with Gasteiger partial charge in [-0.3, -0.25) is 4.79 Å². The highest BCUT2D eigenvalue weighted by atomic mass is 35.5. The molecule has 108 valence electrons. The number of amides is 1. The molecule has 19 heavy (non-hydrogen) atoms. The van der Waals surface area contributed by atoms with E-state index in [1.807, 2.05) is 37.3 Å². The lowest BCUT2D eigenvalue weighted by molar-refractivity contribution is -0.120. The Balaban J connectivity index is 0.00000324.